The molecule has 0 saturated carbocycles. The van der Waals surface area contributed by atoms with Crippen LogP contribution in [0.25, 0.3) is 0 Å². The van der Waals surface area contributed by atoms with E-state index in [1.807, 2.05) is 0 Å². The maximum atomic E-state index is 6.61. The molecular weight excluding hydrogens is 396 g/mol. The zero-order chi connectivity index (χ0) is 19.0. The fraction of sp³-hybridized carbons (Fsp3) is 0.684. The number of benzene rings is 1. The van der Waals surface area contributed by atoms with E-state index in [1.54, 1.807) is 0 Å². The van der Waals surface area contributed by atoms with E-state index in [1.165, 1.54) is 5.56 Å². The van der Waals surface area contributed by atoms with Crippen molar-refractivity contribution in [3.8, 4) is 11.5 Å². The molecule has 0 atom stereocenters. The fourth-order valence-electron chi connectivity index (χ4n) is 1.66. The first-order valence-corrected chi connectivity index (χ1v) is 15.6. The van der Waals surface area contributed by atoms with Crippen LogP contribution in [0.5, 0.6) is 11.5 Å². The summed E-state index contributed by atoms with van der Waals surface area (Å²) < 4.78 is 13.2. The van der Waals surface area contributed by atoms with Gasteiger partial charge in [0.1, 0.15) is 11.5 Å². The van der Waals surface area contributed by atoms with Gasteiger partial charge in [0.05, 0.1) is 0 Å². The van der Waals surface area contributed by atoms with Gasteiger partial charge in [-0.15, -0.1) is 0 Å². The van der Waals surface area contributed by atoms with Gasteiger partial charge < -0.3 is 8.85 Å². The molecule has 0 N–H and O–H groups in total. The molecule has 24 heavy (non-hydrogen) atoms. The molecule has 0 radical (unpaired) electrons. The van der Waals surface area contributed by atoms with Crippen LogP contribution in [0.15, 0.2) is 18.2 Å². The normalized spacial score (nSPS) is 13.8. The van der Waals surface area contributed by atoms with Crippen molar-refractivity contribution < 1.29 is 8.85 Å². The third-order valence-corrected chi connectivity index (χ3v) is 14.8. The molecule has 2 nitrogen and oxygen atoms in total. The van der Waals surface area contributed by atoms with E-state index < -0.39 is 16.6 Å². The van der Waals surface area contributed by atoms with Crippen molar-refractivity contribution >= 4 is 32.6 Å². The topological polar surface area (TPSA) is 18.5 Å². The number of rotatable bonds is 5. The Kier molecular flexibility index (Phi) is 6.49. The molecule has 1 rings (SSSR count). The molecule has 1 aromatic rings. The first-order chi connectivity index (χ1) is 10.6. The summed E-state index contributed by atoms with van der Waals surface area (Å²) >= 11 is 3.55. The van der Waals surface area contributed by atoms with Gasteiger partial charge in [-0.3, -0.25) is 0 Å². The molecule has 0 heterocycles. The largest absolute Gasteiger partial charge is 0.541 e. The second-order valence-corrected chi connectivity index (χ2v) is 19.6. The Bertz CT molecular complexity index is 570. The highest BCUT2D eigenvalue weighted by Crippen LogP contribution is 2.43. The molecule has 5 heteroatoms. The second kappa shape index (κ2) is 7.16. The quantitative estimate of drug-likeness (QED) is 0.358. The van der Waals surface area contributed by atoms with Crippen LogP contribution in [0.4, 0.5) is 0 Å². The highest BCUT2D eigenvalue weighted by Gasteiger charge is 2.42. The molecule has 0 unspecified atom stereocenters. The number of hydrogen-bond donors (Lipinski definition) is 0. The SMILES string of the molecule is CC(C)(C)[Si](C)(C)Oc1ccc(CBr)cc1O[Si](C)(C)C(C)(C)C. The van der Waals surface area contributed by atoms with Gasteiger partial charge in [-0.05, 0) is 54.0 Å². The Morgan fingerprint density at radius 1 is 0.792 bits per heavy atom. The van der Waals surface area contributed by atoms with Crippen LogP contribution in [-0.4, -0.2) is 16.6 Å². The molecule has 0 bridgehead atoms. The van der Waals surface area contributed by atoms with E-state index in [2.05, 4.69) is 102 Å². The van der Waals surface area contributed by atoms with Crippen molar-refractivity contribution in [3.05, 3.63) is 23.8 Å². The zero-order valence-electron chi connectivity index (χ0n) is 17.1. The first-order valence-electron chi connectivity index (χ1n) is 8.68. The Labute approximate surface area is 159 Å². The molecule has 0 saturated heterocycles. The summed E-state index contributed by atoms with van der Waals surface area (Å²) in [5.74, 6) is 1.81. The average molecular weight is 432 g/mol. The van der Waals surface area contributed by atoms with E-state index in [4.69, 9.17) is 8.85 Å². The molecule has 0 aliphatic heterocycles. The van der Waals surface area contributed by atoms with Crippen LogP contribution in [0.1, 0.15) is 47.1 Å². The zero-order valence-corrected chi connectivity index (χ0v) is 20.7. The van der Waals surface area contributed by atoms with Gasteiger partial charge in [-0.25, -0.2) is 0 Å². The Balaban J connectivity index is 3.28. The lowest BCUT2D eigenvalue weighted by molar-refractivity contribution is 0.440. The van der Waals surface area contributed by atoms with Crippen molar-refractivity contribution in [2.75, 3.05) is 0 Å². The summed E-state index contributed by atoms with van der Waals surface area (Å²) in [6.07, 6.45) is 0. The van der Waals surface area contributed by atoms with Crippen LogP contribution >= 0.6 is 15.9 Å². The van der Waals surface area contributed by atoms with Crippen molar-refractivity contribution in [1.82, 2.24) is 0 Å². The summed E-state index contributed by atoms with van der Waals surface area (Å²) in [5, 5.41) is 1.14. The molecule has 0 fully saturated rings. The van der Waals surface area contributed by atoms with Gasteiger partial charge in [0.15, 0.2) is 0 Å². The second-order valence-electron chi connectivity index (χ2n) is 9.64. The summed E-state index contributed by atoms with van der Waals surface area (Å²) in [6.45, 7) is 22.7. The van der Waals surface area contributed by atoms with Crippen LogP contribution < -0.4 is 8.85 Å². The minimum atomic E-state index is -1.91. The molecule has 0 aliphatic rings. The molecule has 1 aromatic carbocycles. The highest BCUT2D eigenvalue weighted by molar-refractivity contribution is 9.08. The maximum absolute atomic E-state index is 6.61. The van der Waals surface area contributed by atoms with Crippen LogP contribution in [0.2, 0.25) is 36.3 Å². The van der Waals surface area contributed by atoms with E-state index in [9.17, 15) is 0 Å². The van der Waals surface area contributed by atoms with Gasteiger partial charge in [-0.1, -0.05) is 63.5 Å². The van der Waals surface area contributed by atoms with Crippen molar-refractivity contribution in [2.45, 2.75) is 83.1 Å². The molecule has 0 aliphatic carbocycles. The Morgan fingerprint density at radius 2 is 1.21 bits per heavy atom. The summed E-state index contributed by atoms with van der Waals surface area (Å²) in [6, 6.07) is 6.34. The highest BCUT2D eigenvalue weighted by atomic mass is 79.9. The minimum absolute atomic E-state index is 0.158. The van der Waals surface area contributed by atoms with Gasteiger partial charge in [0.25, 0.3) is 16.6 Å². The van der Waals surface area contributed by atoms with Gasteiger partial charge in [0, 0.05) is 5.33 Å². The summed E-state index contributed by atoms with van der Waals surface area (Å²) in [7, 11) is -3.82. The Morgan fingerprint density at radius 3 is 1.58 bits per heavy atom. The van der Waals surface area contributed by atoms with Crippen LogP contribution in [-0.2, 0) is 5.33 Å². The van der Waals surface area contributed by atoms with Crippen molar-refractivity contribution in [1.29, 1.82) is 0 Å². The van der Waals surface area contributed by atoms with Crippen LogP contribution in [0.3, 0.4) is 0 Å². The number of hydrogen-bond acceptors (Lipinski definition) is 2. The van der Waals surface area contributed by atoms with Crippen LogP contribution in [0, 0.1) is 0 Å². The summed E-state index contributed by atoms with van der Waals surface area (Å²) in [5.41, 5.74) is 1.21. The van der Waals surface area contributed by atoms with Gasteiger partial charge in [0.2, 0.25) is 0 Å². The smallest absolute Gasteiger partial charge is 0.250 e. The molecule has 0 amide bonds. The molecule has 138 valence electrons. The van der Waals surface area contributed by atoms with E-state index in [-0.39, 0.29) is 10.1 Å². The minimum Gasteiger partial charge on any atom is -0.541 e. The van der Waals surface area contributed by atoms with Crippen molar-refractivity contribution in [3.63, 3.8) is 0 Å². The maximum Gasteiger partial charge on any atom is 0.250 e. The lowest BCUT2D eigenvalue weighted by atomic mass is 10.2. The molecule has 0 spiro atoms. The average Bonchev–Trinajstić information content (AvgIpc) is 2.37. The standard InChI is InChI=1S/C19H35BrO2Si2/c1-18(2,3)23(7,8)21-16-12-11-15(14-20)13-17(16)22-24(9,10)19(4,5)6/h11-13H,14H2,1-10H3. The molecule has 0 aromatic heterocycles. The van der Waals surface area contributed by atoms with E-state index in [0.717, 1.165) is 16.8 Å². The first kappa shape index (κ1) is 21.8. The van der Waals surface area contributed by atoms with E-state index >= 15 is 0 Å². The lowest BCUT2D eigenvalue weighted by Crippen LogP contribution is -2.45. The molecular formula is C19H35BrO2Si2. The lowest BCUT2D eigenvalue weighted by Gasteiger charge is -2.39. The van der Waals surface area contributed by atoms with Crippen molar-refractivity contribution in [2.24, 2.45) is 0 Å². The third-order valence-electron chi connectivity index (χ3n) is 5.51. The number of halogens is 1. The monoisotopic (exact) mass is 430 g/mol. The Hall–Kier alpha value is -0.266. The van der Waals surface area contributed by atoms with Gasteiger partial charge >= 0.3 is 0 Å². The fourth-order valence-corrected chi connectivity index (χ4v) is 4.04. The third kappa shape index (κ3) is 5.12. The predicted molar refractivity (Wildman–Crippen MR) is 115 cm³/mol. The predicted octanol–water partition coefficient (Wildman–Crippen LogP) is 7.35. The van der Waals surface area contributed by atoms with E-state index in [0.29, 0.717) is 0 Å². The summed E-state index contributed by atoms with van der Waals surface area (Å²) in [4.78, 5) is 0. The number of alkyl halides is 1. The van der Waals surface area contributed by atoms with Gasteiger partial charge in [-0.2, -0.15) is 0 Å².